The standard InChI is InChI=1S/C15H19NO2S2/c1-4-16-15(14-9-8-11(2)19-14)12-6-5-7-13(10-12)20(3,17)18/h5-10,15-16H,4H2,1-3H3. The number of sulfone groups is 1. The van der Waals surface area contributed by atoms with E-state index in [-0.39, 0.29) is 6.04 Å². The van der Waals surface area contributed by atoms with Gasteiger partial charge in [0.05, 0.1) is 10.9 Å². The molecule has 20 heavy (non-hydrogen) atoms. The van der Waals surface area contributed by atoms with Crippen molar-refractivity contribution < 1.29 is 8.42 Å². The molecule has 108 valence electrons. The van der Waals surface area contributed by atoms with Crippen LogP contribution in [-0.4, -0.2) is 21.2 Å². The Morgan fingerprint density at radius 3 is 2.55 bits per heavy atom. The summed E-state index contributed by atoms with van der Waals surface area (Å²) in [6.07, 6.45) is 1.24. The van der Waals surface area contributed by atoms with Crippen LogP contribution in [0.25, 0.3) is 0 Å². The van der Waals surface area contributed by atoms with Crippen molar-refractivity contribution in [2.75, 3.05) is 12.8 Å². The van der Waals surface area contributed by atoms with Crippen LogP contribution < -0.4 is 5.32 Å². The van der Waals surface area contributed by atoms with Crippen molar-refractivity contribution in [1.82, 2.24) is 5.32 Å². The monoisotopic (exact) mass is 309 g/mol. The molecule has 0 radical (unpaired) electrons. The molecule has 2 aromatic rings. The van der Waals surface area contributed by atoms with Crippen LogP contribution in [-0.2, 0) is 9.84 Å². The molecule has 0 saturated heterocycles. The molecule has 0 bridgehead atoms. The van der Waals surface area contributed by atoms with Crippen molar-refractivity contribution in [1.29, 1.82) is 0 Å². The summed E-state index contributed by atoms with van der Waals surface area (Å²) in [5, 5.41) is 3.42. The summed E-state index contributed by atoms with van der Waals surface area (Å²) in [5.74, 6) is 0. The number of aryl methyl sites for hydroxylation is 1. The second-order valence-electron chi connectivity index (χ2n) is 4.78. The van der Waals surface area contributed by atoms with Crippen molar-refractivity contribution in [2.45, 2.75) is 24.8 Å². The van der Waals surface area contributed by atoms with Gasteiger partial charge in [-0.1, -0.05) is 19.1 Å². The molecule has 1 N–H and O–H groups in total. The summed E-state index contributed by atoms with van der Waals surface area (Å²) in [6, 6.07) is 11.4. The third-order valence-electron chi connectivity index (χ3n) is 3.07. The lowest BCUT2D eigenvalue weighted by atomic mass is 10.1. The van der Waals surface area contributed by atoms with Gasteiger partial charge in [0, 0.05) is 16.0 Å². The molecule has 1 aromatic heterocycles. The first-order valence-corrected chi connectivity index (χ1v) is 9.22. The van der Waals surface area contributed by atoms with E-state index in [1.807, 2.05) is 13.0 Å². The molecule has 0 aliphatic carbocycles. The number of hydrogen-bond donors (Lipinski definition) is 1. The maximum absolute atomic E-state index is 11.7. The van der Waals surface area contributed by atoms with E-state index in [9.17, 15) is 8.42 Å². The fourth-order valence-electron chi connectivity index (χ4n) is 2.12. The molecule has 0 aliphatic heterocycles. The van der Waals surface area contributed by atoms with E-state index in [2.05, 4.69) is 24.4 Å². The predicted molar refractivity (Wildman–Crippen MR) is 84.1 cm³/mol. The van der Waals surface area contributed by atoms with Gasteiger partial charge in [0.2, 0.25) is 0 Å². The smallest absolute Gasteiger partial charge is 0.175 e. The molecule has 0 aliphatic rings. The van der Waals surface area contributed by atoms with Gasteiger partial charge >= 0.3 is 0 Å². The molecule has 1 heterocycles. The Kier molecular flexibility index (Phi) is 4.62. The number of hydrogen-bond acceptors (Lipinski definition) is 4. The van der Waals surface area contributed by atoms with E-state index in [1.165, 1.54) is 16.0 Å². The Morgan fingerprint density at radius 1 is 1.25 bits per heavy atom. The summed E-state index contributed by atoms with van der Waals surface area (Å²) in [5.41, 5.74) is 0.983. The molecule has 0 amide bonds. The average molecular weight is 309 g/mol. The van der Waals surface area contributed by atoms with Crippen LogP contribution in [0.5, 0.6) is 0 Å². The molecule has 5 heteroatoms. The van der Waals surface area contributed by atoms with Crippen molar-refractivity contribution in [2.24, 2.45) is 0 Å². The Labute approximate surface area is 124 Å². The van der Waals surface area contributed by atoms with Gasteiger partial charge in [-0.05, 0) is 43.3 Å². The highest BCUT2D eigenvalue weighted by molar-refractivity contribution is 7.90. The normalized spacial score (nSPS) is 13.3. The molecule has 0 fully saturated rings. The van der Waals surface area contributed by atoms with Gasteiger partial charge in [-0.3, -0.25) is 0 Å². The first-order valence-electron chi connectivity index (χ1n) is 6.51. The van der Waals surface area contributed by atoms with E-state index < -0.39 is 9.84 Å². The zero-order chi connectivity index (χ0) is 14.8. The van der Waals surface area contributed by atoms with E-state index in [4.69, 9.17) is 0 Å². The summed E-state index contributed by atoms with van der Waals surface area (Å²) < 4.78 is 23.4. The minimum Gasteiger partial charge on any atom is -0.306 e. The van der Waals surface area contributed by atoms with Crippen molar-refractivity contribution in [3.8, 4) is 0 Å². The zero-order valence-corrected chi connectivity index (χ0v) is 13.5. The van der Waals surface area contributed by atoms with E-state index in [1.54, 1.807) is 29.5 Å². The van der Waals surface area contributed by atoms with Crippen LogP contribution in [0, 0.1) is 6.92 Å². The quantitative estimate of drug-likeness (QED) is 0.923. The van der Waals surface area contributed by atoms with Crippen LogP contribution in [0.2, 0.25) is 0 Å². The van der Waals surface area contributed by atoms with Gasteiger partial charge < -0.3 is 5.32 Å². The summed E-state index contributed by atoms with van der Waals surface area (Å²) in [7, 11) is -3.18. The second-order valence-corrected chi connectivity index (χ2v) is 8.12. The Balaban J connectivity index is 2.45. The number of benzene rings is 1. The molecular weight excluding hydrogens is 290 g/mol. The van der Waals surface area contributed by atoms with Gasteiger partial charge in [0.15, 0.2) is 9.84 Å². The minimum atomic E-state index is -3.18. The zero-order valence-electron chi connectivity index (χ0n) is 11.9. The van der Waals surface area contributed by atoms with E-state index in [0.29, 0.717) is 4.90 Å². The number of thiophene rings is 1. The van der Waals surface area contributed by atoms with Gasteiger partial charge in [-0.15, -0.1) is 11.3 Å². The summed E-state index contributed by atoms with van der Waals surface area (Å²) in [4.78, 5) is 2.82. The van der Waals surface area contributed by atoms with Crippen LogP contribution in [0.4, 0.5) is 0 Å². The van der Waals surface area contributed by atoms with Crippen molar-refractivity contribution in [3.05, 3.63) is 51.7 Å². The first-order chi connectivity index (χ1) is 9.41. The molecular formula is C15H19NO2S2. The highest BCUT2D eigenvalue weighted by Gasteiger charge is 2.17. The van der Waals surface area contributed by atoms with Gasteiger partial charge in [-0.2, -0.15) is 0 Å². The average Bonchev–Trinajstić information content (AvgIpc) is 2.81. The maximum atomic E-state index is 11.7. The Morgan fingerprint density at radius 2 is 2.00 bits per heavy atom. The summed E-state index contributed by atoms with van der Waals surface area (Å²) in [6.45, 7) is 4.95. The minimum absolute atomic E-state index is 0.0420. The lowest BCUT2D eigenvalue weighted by Crippen LogP contribution is -2.21. The highest BCUT2D eigenvalue weighted by Crippen LogP contribution is 2.29. The first kappa shape index (κ1) is 15.2. The van der Waals surface area contributed by atoms with E-state index in [0.717, 1.165) is 12.1 Å². The third kappa shape index (κ3) is 3.48. The van der Waals surface area contributed by atoms with Crippen molar-refractivity contribution in [3.63, 3.8) is 0 Å². The third-order valence-corrected chi connectivity index (χ3v) is 5.25. The molecule has 3 nitrogen and oxygen atoms in total. The molecule has 0 spiro atoms. The molecule has 1 aromatic carbocycles. The fraction of sp³-hybridized carbons (Fsp3) is 0.333. The van der Waals surface area contributed by atoms with Crippen LogP contribution in [0.15, 0.2) is 41.3 Å². The lowest BCUT2D eigenvalue weighted by molar-refractivity contribution is 0.600. The van der Waals surface area contributed by atoms with Crippen LogP contribution in [0.3, 0.4) is 0 Å². The lowest BCUT2D eigenvalue weighted by Gasteiger charge is -2.17. The Bertz CT molecular complexity index is 689. The predicted octanol–water partition coefficient (Wildman–Crippen LogP) is 3.16. The topological polar surface area (TPSA) is 46.2 Å². The second kappa shape index (κ2) is 6.08. The fourth-order valence-corrected chi connectivity index (χ4v) is 3.78. The number of nitrogens with one attached hydrogen (secondary N) is 1. The van der Waals surface area contributed by atoms with Gasteiger partial charge in [0.1, 0.15) is 0 Å². The Hall–Kier alpha value is -1.17. The molecule has 1 unspecified atom stereocenters. The van der Waals surface area contributed by atoms with Crippen LogP contribution >= 0.6 is 11.3 Å². The van der Waals surface area contributed by atoms with Crippen molar-refractivity contribution >= 4 is 21.2 Å². The number of rotatable bonds is 5. The largest absolute Gasteiger partial charge is 0.306 e. The molecule has 0 saturated carbocycles. The SMILES string of the molecule is CCNC(c1cccc(S(C)(=O)=O)c1)c1ccc(C)s1. The van der Waals surface area contributed by atoms with Gasteiger partial charge in [-0.25, -0.2) is 8.42 Å². The summed E-state index contributed by atoms with van der Waals surface area (Å²) >= 11 is 1.73. The molecule has 1 atom stereocenters. The molecule has 2 rings (SSSR count). The highest BCUT2D eigenvalue weighted by atomic mass is 32.2. The van der Waals surface area contributed by atoms with Crippen LogP contribution in [0.1, 0.15) is 28.3 Å². The maximum Gasteiger partial charge on any atom is 0.175 e. The van der Waals surface area contributed by atoms with Gasteiger partial charge in [0.25, 0.3) is 0 Å². The van der Waals surface area contributed by atoms with E-state index >= 15 is 0 Å².